The van der Waals surface area contributed by atoms with E-state index in [0.717, 1.165) is 31.7 Å². The lowest BCUT2D eigenvalue weighted by Crippen LogP contribution is -2.53. The van der Waals surface area contributed by atoms with Gasteiger partial charge >= 0.3 is 6.03 Å². The summed E-state index contributed by atoms with van der Waals surface area (Å²) in [5.41, 5.74) is 5.47. The molecule has 3 heterocycles. The molecular weight excluding hydrogens is 575 g/mol. The Morgan fingerprint density at radius 1 is 1.05 bits per heavy atom. The average Bonchev–Trinajstić information content (AvgIpc) is 3.26. The molecule has 3 N–H and O–H groups in total. The summed E-state index contributed by atoms with van der Waals surface area (Å²) >= 11 is 19.1. The van der Waals surface area contributed by atoms with Crippen molar-refractivity contribution < 1.29 is 4.79 Å². The van der Waals surface area contributed by atoms with Crippen LogP contribution in [-0.4, -0.2) is 68.9 Å². The van der Waals surface area contributed by atoms with Crippen molar-refractivity contribution in [3.8, 4) is 5.69 Å². The van der Waals surface area contributed by atoms with Crippen LogP contribution in [0.1, 0.15) is 36.8 Å². The van der Waals surface area contributed by atoms with Crippen LogP contribution in [0.2, 0.25) is 15.1 Å². The number of hydrogen-bond donors (Lipinski definition) is 3. The maximum atomic E-state index is 13.2. The fourth-order valence-electron chi connectivity index (χ4n) is 4.60. The van der Waals surface area contributed by atoms with Crippen LogP contribution >= 0.6 is 34.8 Å². The van der Waals surface area contributed by atoms with Crippen molar-refractivity contribution in [2.75, 3.05) is 38.5 Å². The van der Waals surface area contributed by atoms with Gasteiger partial charge in [0.2, 0.25) is 0 Å². The summed E-state index contributed by atoms with van der Waals surface area (Å²) in [6.07, 6.45) is 0.350. The highest BCUT2D eigenvalue weighted by atomic mass is 35.5. The highest BCUT2D eigenvalue weighted by Gasteiger charge is 2.23. The smallest absolute Gasteiger partial charge is 0.310 e. The van der Waals surface area contributed by atoms with Gasteiger partial charge in [-0.3, -0.25) is 10.2 Å². The van der Waals surface area contributed by atoms with Crippen molar-refractivity contribution in [2.45, 2.75) is 26.2 Å². The number of nitrogens with zero attached hydrogens (tertiary/aromatic N) is 5. The summed E-state index contributed by atoms with van der Waals surface area (Å²) in [4.78, 5) is 35.5. The van der Waals surface area contributed by atoms with Crippen LogP contribution in [0.5, 0.6) is 0 Å². The molecule has 1 aliphatic rings. The van der Waals surface area contributed by atoms with Crippen molar-refractivity contribution >= 4 is 57.6 Å². The maximum Gasteiger partial charge on any atom is 0.333 e. The largest absolute Gasteiger partial charge is 0.333 e. The standard InChI is InChI=1S/C27H29Cl3N8O2/c1-15(2)23-22-25(38(34-23)24-19(29)13-17(28)14-20(24)30)32-21(33-26(22)39)12-16-4-6-18(7-5-16)31-27(40)35-37-10-8-36(3)9-11-37/h4-7,13-15H,8-12H2,1-3H3,(H2,31,35,40)(H,32,33,39). The second-order valence-electron chi connectivity index (χ2n) is 10.1. The maximum absolute atomic E-state index is 13.2. The number of aromatic amines is 1. The number of hydrazine groups is 1. The first-order chi connectivity index (χ1) is 19.1. The monoisotopic (exact) mass is 602 g/mol. The van der Waals surface area contributed by atoms with Crippen LogP contribution in [0.4, 0.5) is 10.5 Å². The molecular formula is C27H29Cl3N8O2. The van der Waals surface area contributed by atoms with Crippen LogP contribution in [0.25, 0.3) is 16.7 Å². The average molecular weight is 604 g/mol. The van der Waals surface area contributed by atoms with E-state index in [-0.39, 0.29) is 17.5 Å². The molecule has 2 amide bonds. The second kappa shape index (κ2) is 11.8. The number of aromatic nitrogens is 4. The number of urea groups is 1. The summed E-state index contributed by atoms with van der Waals surface area (Å²) in [5, 5.41) is 10.8. The van der Waals surface area contributed by atoms with Gasteiger partial charge in [-0.05, 0) is 42.8 Å². The van der Waals surface area contributed by atoms with Crippen molar-refractivity contribution in [1.82, 2.24) is 35.1 Å². The number of H-pyrrole nitrogens is 1. The van der Waals surface area contributed by atoms with Crippen molar-refractivity contribution in [2.24, 2.45) is 0 Å². The Kier molecular flexibility index (Phi) is 8.34. The number of rotatable bonds is 6. The normalized spacial score (nSPS) is 14.7. The summed E-state index contributed by atoms with van der Waals surface area (Å²) in [6, 6.07) is 10.2. The van der Waals surface area contributed by atoms with Gasteiger partial charge in [-0.2, -0.15) is 5.10 Å². The SMILES string of the molecule is CC(C)c1nn(-c2c(Cl)cc(Cl)cc2Cl)c2nc(Cc3ccc(NC(=O)NN4CCN(C)CC4)cc3)[nH]c(=O)c12. The van der Waals surface area contributed by atoms with E-state index >= 15 is 0 Å². The van der Waals surface area contributed by atoms with Gasteiger partial charge in [0.15, 0.2) is 5.65 Å². The number of anilines is 1. The summed E-state index contributed by atoms with van der Waals surface area (Å²) in [5.74, 6) is 0.402. The van der Waals surface area contributed by atoms with Crippen LogP contribution in [0, 0.1) is 0 Å². The molecule has 0 atom stereocenters. The molecule has 40 heavy (non-hydrogen) atoms. The molecule has 13 heteroatoms. The predicted molar refractivity (Wildman–Crippen MR) is 159 cm³/mol. The van der Waals surface area contributed by atoms with Crippen LogP contribution in [0.3, 0.4) is 0 Å². The minimum atomic E-state index is -0.296. The van der Waals surface area contributed by atoms with Gasteiger partial charge in [-0.1, -0.05) is 60.8 Å². The molecule has 2 aromatic carbocycles. The minimum Gasteiger partial charge on any atom is -0.310 e. The number of likely N-dealkylation sites (N-methyl/N-ethyl adjacent to an activating group) is 1. The lowest BCUT2D eigenvalue weighted by molar-refractivity contribution is 0.116. The molecule has 0 saturated carbocycles. The number of benzene rings is 2. The summed E-state index contributed by atoms with van der Waals surface area (Å²) in [6.45, 7) is 7.24. The number of fused-ring (bicyclic) bond motifs is 1. The molecule has 0 aliphatic carbocycles. The number of piperazine rings is 1. The molecule has 0 unspecified atom stereocenters. The Bertz CT molecular complexity index is 1590. The third-order valence-electron chi connectivity index (χ3n) is 6.70. The van der Waals surface area contributed by atoms with Gasteiger partial charge in [0.25, 0.3) is 5.56 Å². The zero-order chi connectivity index (χ0) is 28.6. The molecule has 1 aliphatic heterocycles. The highest BCUT2D eigenvalue weighted by Crippen LogP contribution is 2.34. The summed E-state index contributed by atoms with van der Waals surface area (Å²) in [7, 11) is 2.06. The molecule has 10 nitrogen and oxygen atoms in total. The molecule has 0 radical (unpaired) electrons. The third kappa shape index (κ3) is 6.11. The van der Waals surface area contributed by atoms with Gasteiger partial charge in [0, 0.05) is 43.3 Å². The minimum absolute atomic E-state index is 0.0455. The van der Waals surface area contributed by atoms with E-state index in [1.165, 1.54) is 4.68 Å². The molecule has 2 aromatic heterocycles. The Balaban J connectivity index is 1.39. The fraction of sp³-hybridized carbons (Fsp3) is 0.333. The van der Waals surface area contributed by atoms with Crippen molar-refractivity contribution in [3.05, 3.63) is 78.9 Å². The molecule has 1 saturated heterocycles. The van der Waals surface area contributed by atoms with Gasteiger partial charge in [0.1, 0.15) is 16.9 Å². The number of amides is 2. The summed E-state index contributed by atoms with van der Waals surface area (Å²) < 4.78 is 1.51. The van der Waals surface area contributed by atoms with Gasteiger partial charge in [0.05, 0.1) is 15.7 Å². The van der Waals surface area contributed by atoms with Crippen molar-refractivity contribution in [1.29, 1.82) is 0 Å². The van der Waals surface area contributed by atoms with E-state index in [1.54, 1.807) is 12.1 Å². The van der Waals surface area contributed by atoms with Gasteiger partial charge in [-0.15, -0.1) is 0 Å². The number of carbonyl (C=O) groups is 1. The van der Waals surface area contributed by atoms with Gasteiger partial charge < -0.3 is 15.2 Å². The topological polar surface area (TPSA) is 111 Å². The molecule has 210 valence electrons. The quantitative estimate of drug-likeness (QED) is 0.284. The Labute approximate surface area is 246 Å². The molecule has 1 fully saturated rings. The Morgan fingerprint density at radius 2 is 1.70 bits per heavy atom. The van der Waals surface area contributed by atoms with E-state index in [2.05, 4.69) is 32.8 Å². The first kappa shape index (κ1) is 28.4. The lowest BCUT2D eigenvalue weighted by Gasteiger charge is -2.32. The number of carbonyl (C=O) groups excluding carboxylic acids is 1. The van der Waals surface area contributed by atoms with E-state index in [9.17, 15) is 9.59 Å². The lowest BCUT2D eigenvalue weighted by atomic mass is 10.1. The predicted octanol–water partition coefficient (Wildman–Crippen LogP) is 5.07. The fourth-order valence-corrected chi connectivity index (χ4v) is 5.57. The van der Waals surface area contributed by atoms with E-state index in [0.29, 0.717) is 55.4 Å². The number of halogens is 3. The number of nitrogens with one attached hydrogen (secondary N) is 3. The molecule has 0 spiro atoms. The van der Waals surface area contributed by atoms with E-state index in [4.69, 9.17) is 39.8 Å². The van der Waals surface area contributed by atoms with Crippen LogP contribution in [0.15, 0.2) is 41.2 Å². The third-order valence-corrected chi connectivity index (χ3v) is 7.49. The Hall–Kier alpha value is -3.15. The zero-order valence-electron chi connectivity index (χ0n) is 22.3. The first-order valence-electron chi connectivity index (χ1n) is 12.9. The van der Waals surface area contributed by atoms with Crippen molar-refractivity contribution in [3.63, 3.8) is 0 Å². The highest BCUT2D eigenvalue weighted by molar-refractivity contribution is 6.40. The van der Waals surface area contributed by atoms with Crippen LogP contribution in [-0.2, 0) is 6.42 Å². The van der Waals surface area contributed by atoms with E-state index < -0.39 is 0 Å². The first-order valence-corrected chi connectivity index (χ1v) is 14.0. The van der Waals surface area contributed by atoms with Crippen LogP contribution < -0.4 is 16.3 Å². The molecule has 4 aromatic rings. The molecule has 5 rings (SSSR count). The zero-order valence-corrected chi connectivity index (χ0v) is 24.5. The second-order valence-corrected chi connectivity index (χ2v) is 11.4. The number of hydrogen-bond acceptors (Lipinski definition) is 6. The van der Waals surface area contributed by atoms with Gasteiger partial charge in [-0.25, -0.2) is 19.5 Å². The van der Waals surface area contributed by atoms with E-state index in [1.807, 2.05) is 43.1 Å². The molecule has 0 bridgehead atoms. The Morgan fingerprint density at radius 3 is 2.33 bits per heavy atom.